The second-order valence-corrected chi connectivity index (χ2v) is 4.59. The standard InChI is InChI=1S/C14H22N2O3/c1-5-16-14(2,13(15)17)9-10-6-7-11(18-3)12(8-10)19-4/h6-8,16H,5,9H2,1-4H3,(H2,15,17). The molecule has 1 unspecified atom stereocenters. The zero-order chi connectivity index (χ0) is 14.5. The van der Waals surface area contributed by atoms with Crippen LogP contribution in [0.15, 0.2) is 18.2 Å². The first-order valence-electron chi connectivity index (χ1n) is 6.22. The molecule has 0 bridgehead atoms. The van der Waals surface area contributed by atoms with E-state index < -0.39 is 5.54 Å². The Morgan fingerprint density at radius 2 is 1.95 bits per heavy atom. The molecular weight excluding hydrogens is 244 g/mol. The van der Waals surface area contributed by atoms with Crippen LogP contribution >= 0.6 is 0 Å². The van der Waals surface area contributed by atoms with Crippen LogP contribution in [0.1, 0.15) is 19.4 Å². The first-order valence-corrected chi connectivity index (χ1v) is 6.22. The van der Waals surface area contributed by atoms with Crippen molar-refractivity contribution in [2.45, 2.75) is 25.8 Å². The van der Waals surface area contributed by atoms with Gasteiger partial charge in [-0.25, -0.2) is 0 Å². The maximum absolute atomic E-state index is 11.6. The van der Waals surface area contributed by atoms with Crippen molar-refractivity contribution in [2.24, 2.45) is 5.73 Å². The van der Waals surface area contributed by atoms with E-state index in [-0.39, 0.29) is 5.91 Å². The average Bonchev–Trinajstić information content (AvgIpc) is 2.38. The molecule has 19 heavy (non-hydrogen) atoms. The predicted molar refractivity (Wildman–Crippen MR) is 74.5 cm³/mol. The largest absolute Gasteiger partial charge is 0.493 e. The van der Waals surface area contributed by atoms with Crippen LogP contribution in [0.3, 0.4) is 0 Å². The Kier molecular flexibility index (Phi) is 5.18. The van der Waals surface area contributed by atoms with Crippen molar-refractivity contribution >= 4 is 5.91 Å². The summed E-state index contributed by atoms with van der Waals surface area (Å²) < 4.78 is 10.4. The lowest BCUT2D eigenvalue weighted by Gasteiger charge is -2.27. The minimum absolute atomic E-state index is 0.371. The van der Waals surface area contributed by atoms with Crippen LogP contribution < -0.4 is 20.5 Å². The lowest BCUT2D eigenvalue weighted by molar-refractivity contribution is -0.123. The fourth-order valence-electron chi connectivity index (χ4n) is 2.03. The second kappa shape index (κ2) is 6.43. The first kappa shape index (κ1) is 15.3. The number of likely N-dealkylation sites (N-methyl/N-ethyl adjacent to an activating group) is 1. The van der Waals surface area contributed by atoms with Gasteiger partial charge in [0.05, 0.1) is 19.8 Å². The number of carbonyl (C=O) groups is 1. The molecule has 0 saturated heterocycles. The molecule has 0 radical (unpaired) electrons. The first-order chi connectivity index (χ1) is 8.96. The highest BCUT2D eigenvalue weighted by Crippen LogP contribution is 2.29. The zero-order valence-electron chi connectivity index (χ0n) is 11.9. The third kappa shape index (κ3) is 3.61. The molecule has 1 atom stereocenters. The lowest BCUT2D eigenvalue weighted by Crippen LogP contribution is -2.54. The number of hydrogen-bond donors (Lipinski definition) is 2. The van der Waals surface area contributed by atoms with Crippen LogP contribution in [0, 0.1) is 0 Å². The van der Waals surface area contributed by atoms with E-state index in [9.17, 15) is 4.79 Å². The van der Waals surface area contributed by atoms with Crippen molar-refractivity contribution in [3.63, 3.8) is 0 Å². The molecule has 1 aromatic carbocycles. The van der Waals surface area contributed by atoms with Crippen molar-refractivity contribution in [2.75, 3.05) is 20.8 Å². The van der Waals surface area contributed by atoms with E-state index in [1.165, 1.54) is 0 Å². The van der Waals surface area contributed by atoms with Crippen LogP contribution in [0.4, 0.5) is 0 Å². The summed E-state index contributed by atoms with van der Waals surface area (Å²) in [5.74, 6) is 0.933. The summed E-state index contributed by atoms with van der Waals surface area (Å²) in [5.41, 5.74) is 5.66. The van der Waals surface area contributed by atoms with E-state index in [4.69, 9.17) is 15.2 Å². The lowest BCUT2D eigenvalue weighted by atomic mass is 9.92. The topological polar surface area (TPSA) is 73.6 Å². The number of nitrogens with one attached hydrogen (secondary N) is 1. The van der Waals surface area contributed by atoms with Gasteiger partial charge in [0.25, 0.3) is 0 Å². The number of methoxy groups -OCH3 is 2. The Morgan fingerprint density at radius 3 is 2.42 bits per heavy atom. The molecule has 0 spiro atoms. The molecule has 0 fully saturated rings. The SMILES string of the molecule is CCNC(C)(Cc1ccc(OC)c(OC)c1)C(N)=O. The van der Waals surface area contributed by atoms with Gasteiger partial charge >= 0.3 is 0 Å². The number of carbonyl (C=O) groups excluding carboxylic acids is 1. The highest BCUT2D eigenvalue weighted by molar-refractivity contribution is 5.84. The average molecular weight is 266 g/mol. The van der Waals surface area contributed by atoms with Crippen LogP contribution in [0.25, 0.3) is 0 Å². The summed E-state index contributed by atoms with van der Waals surface area (Å²) in [4.78, 5) is 11.6. The van der Waals surface area contributed by atoms with Gasteiger partial charge in [-0.2, -0.15) is 0 Å². The molecular formula is C14H22N2O3. The monoisotopic (exact) mass is 266 g/mol. The Morgan fingerprint density at radius 1 is 1.32 bits per heavy atom. The third-order valence-corrected chi connectivity index (χ3v) is 3.12. The zero-order valence-corrected chi connectivity index (χ0v) is 11.9. The van der Waals surface area contributed by atoms with Gasteiger partial charge in [0.1, 0.15) is 0 Å². The van der Waals surface area contributed by atoms with Crippen LogP contribution in [0.5, 0.6) is 11.5 Å². The van der Waals surface area contributed by atoms with Gasteiger partial charge in [-0.05, 0) is 37.6 Å². The van der Waals surface area contributed by atoms with Gasteiger partial charge in [0, 0.05) is 0 Å². The molecule has 1 amide bonds. The number of amides is 1. The Hall–Kier alpha value is -1.75. The van der Waals surface area contributed by atoms with Crippen molar-refractivity contribution in [3.05, 3.63) is 23.8 Å². The van der Waals surface area contributed by atoms with Gasteiger partial charge in [-0.3, -0.25) is 4.79 Å². The molecule has 0 aliphatic rings. The molecule has 106 valence electrons. The quantitative estimate of drug-likeness (QED) is 0.775. The summed E-state index contributed by atoms with van der Waals surface area (Å²) in [7, 11) is 3.17. The molecule has 0 aliphatic carbocycles. The van der Waals surface area contributed by atoms with Crippen LogP contribution in [-0.2, 0) is 11.2 Å². The van der Waals surface area contributed by atoms with E-state index in [0.717, 1.165) is 5.56 Å². The van der Waals surface area contributed by atoms with E-state index >= 15 is 0 Å². The second-order valence-electron chi connectivity index (χ2n) is 4.59. The summed E-state index contributed by atoms with van der Waals surface area (Å²) in [6, 6.07) is 5.58. The van der Waals surface area contributed by atoms with E-state index in [1.807, 2.05) is 25.1 Å². The molecule has 5 heteroatoms. The summed E-state index contributed by atoms with van der Waals surface area (Å²) >= 11 is 0. The fourth-order valence-corrected chi connectivity index (χ4v) is 2.03. The molecule has 5 nitrogen and oxygen atoms in total. The maximum atomic E-state index is 11.6. The molecule has 0 saturated carbocycles. The number of primary amides is 1. The normalized spacial score (nSPS) is 13.7. The molecule has 3 N–H and O–H groups in total. The van der Waals surface area contributed by atoms with Crippen LogP contribution in [-0.4, -0.2) is 32.2 Å². The fraction of sp³-hybridized carbons (Fsp3) is 0.500. The van der Waals surface area contributed by atoms with Crippen molar-refractivity contribution < 1.29 is 14.3 Å². The van der Waals surface area contributed by atoms with Crippen LogP contribution in [0.2, 0.25) is 0 Å². The summed E-state index contributed by atoms with van der Waals surface area (Å²) in [6.07, 6.45) is 0.497. The highest BCUT2D eigenvalue weighted by Gasteiger charge is 2.30. The summed E-state index contributed by atoms with van der Waals surface area (Å²) in [6.45, 7) is 4.41. The Labute approximate surface area is 114 Å². The van der Waals surface area contributed by atoms with Crippen molar-refractivity contribution in [1.82, 2.24) is 5.32 Å². The molecule has 1 rings (SSSR count). The van der Waals surface area contributed by atoms with E-state index in [1.54, 1.807) is 21.1 Å². The molecule has 1 aromatic rings. The number of nitrogens with two attached hydrogens (primary N) is 1. The smallest absolute Gasteiger partial charge is 0.237 e. The highest BCUT2D eigenvalue weighted by atomic mass is 16.5. The Balaban J connectivity index is 3.00. The minimum atomic E-state index is -0.769. The van der Waals surface area contributed by atoms with Gasteiger partial charge in [0.2, 0.25) is 5.91 Å². The van der Waals surface area contributed by atoms with E-state index in [2.05, 4.69) is 5.32 Å². The minimum Gasteiger partial charge on any atom is -0.493 e. The Bertz CT molecular complexity index is 448. The molecule has 0 aliphatic heterocycles. The number of ether oxygens (including phenoxy) is 2. The third-order valence-electron chi connectivity index (χ3n) is 3.12. The van der Waals surface area contributed by atoms with Crippen molar-refractivity contribution in [1.29, 1.82) is 0 Å². The van der Waals surface area contributed by atoms with Crippen molar-refractivity contribution in [3.8, 4) is 11.5 Å². The number of hydrogen-bond acceptors (Lipinski definition) is 4. The van der Waals surface area contributed by atoms with Gasteiger partial charge in [-0.1, -0.05) is 13.0 Å². The molecule has 0 aromatic heterocycles. The van der Waals surface area contributed by atoms with Gasteiger partial charge in [0.15, 0.2) is 11.5 Å². The predicted octanol–water partition coefficient (Wildman–Crippen LogP) is 1.10. The summed E-state index contributed by atoms with van der Waals surface area (Å²) in [5, 5.41) is 3.13. The number of benzene rings is 1. The number of rotatable bonds is 7. The van der Waals surface area contributed by atoms with Gasteiger partial charge < -0.3 is 20.5 Å². The van der Waals surface area contributed by atoms with Gasteiger partial charge in [-0.15, -0.1) is 0 Å². The molecule has 0 heterocycles. The maximum Gasteiger partial charge on any atom is 0.237 e. The van der Waals surface area contributed by atoms with E-state index in [0.29, 0.717) is 24.5 Å².